The van der Waals surface area contributed by atoms with Gasteiger partial charge in [-0.15, -0.1) is 0 Å². The first-order chi connectivity index (χ1) is 74.4. The molecule has 0 aliphatic carbocycles. The third-order valence-electron chi connectivity index (χ3n) is 28.7. The molecule has 15 nitrogen and oxygen atoms in total. The van der Waals surface area contributed by atoms with E-state index in [0.717, 1.165) is 134 Å². The van der Waals surface area contributed by atoms with Crippen LogP contribution in [0.1, 0.15) is 0 Å². The topological polar surface area (TPSA) is 146 Å². The number of hydrogen-bond donors (Lipinski definition) is 0. The monoisotopic (exact) mass is 1920 g/mol. The first kappa shape index (κ1) is 87.3. The third kappa shape index (κ3) is 15.3. The van der Waals surface area contributed by atoms with Crippen molar-refractivity contribution < 1.29 is 0 Å². The maximum Gasteiger partial charge on any atom is 0.164 e. The number of para-hydroxylation sites is 8. The predicted octanol–water partition coefficient (Wildman–Crippen LogP) is 33.2. The number of benzene rings is 20. The summed E-state index contributed by atoms with van der Waals surface area (Å²) in [5, 5.41) is 14.5. The van der Waals surface area contributed by atoms with Crippen LogP contribution in [0.2, 0.25) is 0 Å². The van der Waals surface area contributed by atoms with Crippen molar-refractivity contribution in [1.29, 1.82) is 0 Å². The molecule has 0 radical (unpaired) electrons. The molecule has 20 aromatic carbocycles. The summed E-state index contributed by atoms with van der Waals surface area (Å²) in [6, 6.07) is 180. The molecule has 0 saturated heterocycles. The first-order valence-corrected chi connectivity index (χ1v) is 50.4. The van der Waals surface area contributed by atoms with E-state index in [-0.39, 0.29) is 0 Å². The van der Waals surface area contributed by atoms with E-state index in [0.29, 0.717) is 40.8 Å². The van der Waals surface area contributed by atoms with Gasteiger partial charge in [-0.3, -0.25) is 4.98 Å². The number of hydrogen-bond acceptors (Lipinski definition) is 9. The number of pyridine rings is 1. The van der Waals surface area contributed by atoms with Crippen LogP contribution in [0, 0.1) is 0 Å². The Labute approximate surface area is 861 Å². The smallest absolute Gasteiger partial charge is 0.164 e. The van der Waals surface area contributed by atoms with Crippen molar-refractivity contribution >= 4 is 131 Å². The van der Waals surface area contributed by atoms with Crippen LogP contribution in [0.25, 0.3) is 267 Å². The van der Waals surface area contributed by atoms with Crippen molar-refractivity contribution in [2.45, 2.75) is 0 Å². The van der Waals surface area contributed by atoms with E-state index < -0.39 is 0 Å². The van der Waals surface area contributed by atoms with Gasteiger partial charge in [0.1, 0.15) is 0 Å². The quantitative estimate of drug-likeness (QED) is 0.0979. The van der Waals surface area contributed by atoms with Gasteiger partial charge in [-0.1, -0.05) is 364 Å². The number of rotatable bonds is 15. The zero-order valence-corrected chi connectivity index (χ0v) is 80.9. The molecule has 0 aliphatic heterocycles. The molecule has 0 fully saturated rings. The summed E-state index contributed by atoms with van der Waals surface area (Å²) in [6.07, 6.45) is 3.86. The van der Waals surface area contributed by atoms with Crippen LogP contribution < -0.4 is 0 Å². The van der Waals surface area contributed by atoms with Crippen LogP contribution in [0.15, 0.2) is 528 Å². The second-order valence-electron chi connectivity index (χ2n) is 37.5. The summed E-state index contributed by atoms with van der Waals surface area (Å²) >= 11 is 0. The summed E-state index contributed by atoms with van der Waals surface area (Å²) < 4.78 is 14.4. The van der Waals surface area contributed by atoms with E-state index in [9.17, 15) is 0 Å². The normalized spacial score (nSPS) is 11.6. The minimum absolute atomic E-state index is 0.631. The molecule has 0 aliphatic rings. The molecule has 30 aromatic rings. The highest BCUT2D eigenvalue weighted by atomic mass is 15.1. The molecule has 0 bridgehead atoms. The SMILES string of the molecule is c1ccc(-c2cc(-c3ccccc3)nc(-c3ccc(-n4c5ccncc5c5ccc6c7ccccc7n(-c7ccccc7)c6c54)cc3)n2)cc1.c1ccc(-c2nc(-c3ccccc3)nc(-c3ccc(-n4c5ccccc5c5ccc6c7ccccc7n(-c7ccccc7)c6c54)cc3)n2)cc1.c1ccc(-c2nc(-c3ccccc3)nc(-c3cccc(-n4c5ccccc5c5cc6c7ccccc7n(-c7ccccc7)c6cc54)c3)n2)cc1. The van der Waals surface area contributed by atoms with Gasteiger partial charge in [0.05, 0.1) is 77.6 Å². The van der Waals surface area contributed by atoms with Gasteiger partial charge >= 0.3 is 0 Å². The van der Waals surface area contributed by atoms with Crippen LogP contribution >= 0.6 is 0 Å². The van der Waals surface area contributed by atoms with Gasteiger partial charge in [-0.25, -0.2) is 39.9 Å². The van der Waals surface area contributed by atoms with E-state index in [1.807, 2.05) is 170 Å². The Morgan fingerprint density at radius 3 is 0.713 bits per heavy atom. The summed E-state index contributed by atoms with van der Waals surface area (Å²) in [5.74, 6) is 4.55. The van der Waals surface area contributed by atoms with Crippen LogP contribution in [-0.2, 0) is 0 Å². The molecule has 10 aromatic heterocycles. The molecule has 150 heavy (non-hydrogen) atoms. The number of nitrogens with zero attached hydrogens (tertiary/aromatic N) is 15. The lowest BCUT2D eigenvalue weighted by Crippen LogP contribution is -2.01. The second-order valence-corrected chi connectivity index (χ2v) is 37.5. The summed E-state index contributed by atoms with van der Waals surface area (Å²) in [5.41, 5.74) is 31.0. The summed E-state index contributed by atoms with van der Waals surface area (Å²) in [7, 11) is 0. The minimum Gasteiger partial charge on any atom is -0.309 e. The highest BCUT2D eigenvalue weighted by Crippen LogP contribution is 2.47. The zero-order chi connectivity index (χ0) is 99.1. The molecule has 0 unspecified atom stereocenters. The Kier molecular flexibility index (Phi) is 21.5. The maximum atomic E-state index is 5.07. The van der Waals surface area contributed by atoms with Crippen molar-refractivity contribution in [2.75, 3.05) is 0 Å². The van der Waals surface area contributed by atoms with Gasteiger partial charge in [0.25, 0.3) is 0 Å². The van der Waals surface area contributed by atoms with E-state index in [4.69, 9.17) is 39.9 Å². The standard InChI is InChI=1S/3C45H29N5/c1-4-15-30(16-5-1)43-46-44(31-17-6-2-7-18-31)48-45(47-43)32-19-14-22-34(27-32)50-40-26-13-11-24-36(40)38-28-37-35-23-10-12-25-39(35)49(41(37)29-42(38)50)33-20-8-3-9-21-33;1-4-14-30(15-5-1)43-46-44(31-16-6-2-7-17-31)48-45(47-43)32-24-26-34(27-25-32)50-40-23-13-11-21-36(40)38-29-28-37-35-20-10-12-22-39(35)49(41(37)42(38)50)33-18-8-3-9-19-33;1-4-12-30(13-5-1)39-28-40(31-14-6-2-7-15-31)48-45(47-39)32-20-22-34(23-21-32)50-42-26-27-46-29-38(42)37-25-24-36-35-18-10-11-19-41(35)49(43(36)44(37)50)33-16-8-3-9-17-33/h3*1-29H. The largest absolute Gasteiger partial charge is 0.309 e. The predicted molar refractivity (Wildman–Crippen MR) is 614 cm³/mol. The van der Waals surface area contributed by atoms with Crippen molar-refractivity contribution in [3.05, 3.63) is 528 Å². The molecule has 0 N–H and O–H groups in total. The van der Waals surface area contributed by atoms with Crippen molar-refractivity contribution in [2.24, 2.45) is 0 Å². The van der Waals surface area contributed by atoms with Crippen molar-refractivity contribution in [3.63, 3.8) is 0 Å². The lowest BCUT2D eigenvalue weighted by Gasteiger charge is -2.13. The molecule has 0 spiro atoms. The molecular formula is C135H87N15. The maximum absolute atomic E-state index is 5.07. The van der Waals surface area contributed by atoms with E-state index >= 15 is 0 Å². The highest BCUT2D eigenvalue weighted by molar-refractivity contribution is 6.26. The average Bonchev–Trinajstić information content (AvgIpc) is 1.53. The lowest BCUT2D eigenvalue weighted by molar-refractivity contribution is 1.07. The first-order valence-electron chi connectivity index (χ1n) is 50.4. The van der Waals surface area contributed by atoms with Crippen LogP contribution in [0.3, 0.4) is 0 Å². The average molecular weight is 1920 g/mol. The van der Waals surface area contributed by atoms with Gasteiger partial charge in [0, 0.05) is 161 Å². The second kappa shape index (κ2) is 37.0. The van der Waals surface area contributed by atoms with E-state index in [1.165, 1.54) is 92.5 Å². The molecule has 0 atom stereocenters. The Hall–Kier alpha value is -20.6. The Morgan fingerprint density at radius 1 is 0.127 bits per heavy atom. The fourth-order valence-electron chi connectivity index (χ4n) is 22.0. The van der Waals surface area contributed by atoms with Gasteiger partial charge < -0.3 is 27.4 Å². The molecule has 15 heteroatoms. The van der Waals surface area contributed by atoms with E-state index in [1.54, 1.807) is 0 Å². The highest BCUT2D eigenvalue weighted by Gasteiger charge is 2.28. The third-order valence-corrected chi connectivity index (χ3v) is 28.7. The number of aromatic nitrogens is 15. The Morgan fingerprint density at radius 2 is 0.367 bits per heavy atom. The molecule has 0 saturated carbocycles. The van der Waals surface area contributed by atoms with Crippen LogP contribution in [0.5, 0.6) is 0 Å². The fraction of sp³-hybridized carbons (Fsp3) is 0. The van der Waals surface area contributed by atoms with E-state index in [2.05, 4.69) is 390 Å². The van der Waals surface area contributed by atoms with Gasteiger partial charge in [-0.2, -0.15) is 0 Å². The zero-order valence-electron chi connectivity index (χ0n) is 80.9. The minimum atomic E-state index is 0.631. The summed E-state index contributed by atoms with van der Waals surface area (Å²) in [4.78, 5) is 44.5. The Bertz CT molecular complexity index is 9840. The van der Waals surface area contributed by atoms with Gasteiger partial charge in [0.15, 0.2) is 40.8 Å². The van der Waals surface area contributed by atoms with Gasteiger partial charge in [-0.05, 0) is 152 Å². The number of fused-ring (bicyclic) bond motifs is 20. The van der Waals surface area contributed by atoms with Gasteiger partial charge in [0.2, 0.25) is 0 Å². The molecular weight excluding hydrogens is 1830 g/mol. The molecule has 702 valence electrons. The molecule has 10 heterocycles. The molecule has 30 rings (SSSR count). The van der Waals surface area contributed by atoms with Crippen LogP contribution in [0.4, 0.5) is 0 Å². The molecule has 0 amide bonds. The summed E-state index contributed by atoms with van der Waals surface area (Å²) in [6.45, 7) is 0. The van der Waals surface area contributed by atoms with Crippen LogP contribution in [-0.4, -0.2) is 72.3 Å². The Balaban J connectivity index is 0.000000108. The lowest BCUT2D eigenvalue weighted by atomic mass is 10.1. The van der Waals surface area contributed by atoms with Crippen molar-refractivity contribution in [3.8, 4) is 136 Å². The van der Waals surface area contributed by atoms with Crippen molar-refractivity contribution in [1.82, 2.24) is 72.3 Å². The fourth-order valence-corrected chi connectivity index (χ4v) is 22.0.